The van der Waals surface area contributed by atoms with Gasteiger partial charge < -0.3 is 25.6 Å². The Morgan fingerprint density at radius 3 is 1.97 bits per heavy atom. The molecule has 1 aliphatic rings. The van der Waals surface area contributed by atoms with Crippen LogP contribution in [-0.2, 0) is 19.1 Å². The SMILES string of the molecule is CC(=O)Nc1ccc(NC(=O)C(C)OC(=O)C2CCN(C(=O)Nc3ccccc3)CC2)cc1. The average Bonchev–Trinajstić information content (AvgIpc) is 2.80. The molecule has 9 heteroatoms. The van der Waals surface area contributed by atoms with Crippen LogP contribution >= 0.6 is 0 Å². The van der Waals surface area contributed by atoms with Gasteiger partial charge in [0.25, 0.3) is 5.91 Å². The summed E-state index contributed by atoms with van der Waals surface area (Å²) in [6.45, 7) is 3.79. The third-order valence-electron chi connectivity index (χ3n) is 5.28. The smallest absolute Gasteiger partial charge is 0.321 e. The van der Waals surface area contributed by atoms with E-state index in [1.165, 1.54) is 13.8 Å². The second kappa shape index (κ2) is 11.1. The van der Waals surface area contributed by atoms with Crippen LogP contribution in [0.5, 0.6) is 0 Å². The van der Waals surface area contributed by atoms with Crippen molar-refractivity contribution in [2.24, 2.45) is 5.92 Å². The van der Waals surface area contributed by atoms with Crippen LogP contribution in [0.2, 0.25) is 0 Å². The lowest BCUT2D eigenvalue weighted by Crippen LogP contribution is -2.43. The van der Waals surface area contributed by atoms with Crippen molar-refractivity contribution >= 4 is 40.9 Å². The normalized spacial score (nSPS) is 14.7. The number of urea groups is 1. The summed E-state index contributed by atoms with van der Waals surface area (Å²) < 4.78 is 5.36. The Hall–Kier alpha value is -3.88. The summed E-state index contributed by atoms with van der Waals surface area (Å²) in [7, 11) is 0. The summed E-state index contributed by atoms with van der Waals surface area (Å²) in [5.41, 5.74) is 1.85. The summed E-state index contributed by atoms with van der Waals surface area (Å²) in [5, 5.41) is 8.16. The number of carbonyl (C=O) groups excluding carboxylic acids is 4. The monoisotopic (exact) mass is 452 g/mol. The number of piperidine rings is 1. The zero-order valence-corrected chi connectivity index (χ0v) is 18.7. The minimum atomic E-state index is -0.966. The number of hydrogen-bond acceptors (Lipinski definition) is 5. The van der Waals surface area contributed by atoms with E-state index < -0.39 is 18.0 Å². The fraction of sp³-hybridized carbons (Fsp3) is 0.333. The molecule has 0 aliphatic carbocycles. The van der Waals surface area contributed by atoms with Gasteiger partial charge in [-0.25, -0.2) is 4.79 Å². The molecule has 1 atom stereocenters. The summed E-state index contributed by atoms with van der Waals surface area (Å²) in [6, 6.07) is 15.6. The summed E-state index contributed by atoms with van der Waals surface area (Å²) >= 11 is 0. The Kier molecular flexibility index (Phi) is 8.01. The maximum absolute atomic E-state index is 12.5. The van der Waals surface area contributed by atoms with Gasteiger partial charge in [0, 0.05) is 37.1 Å². The number of likely N-dealkylation sites (tertiary alicyclic amines) is 1. The van der Waals surface area contributed by atoms with Crippen LogP contribution in [0.4, 0.5) is 21.9 Å². The lowest BCUT2D eigenvalue weighted by Gasteiger charge is -2.31. The number of anilines is 3. The number of nitrogens with one attached hydrogen (secondary N) is 3. The predicted molar refractivity (Wildman–Crippen MR) is 125 cm³/mol. The molecule has 174 valence electrons. The molecule has 1 heterocycles. The molecule has 33 heavy (non-hydrogen) atoms. The van der Waals surface area contributed by atoms with Crippen LogP contribution in [0.3, 0.4) is 0 Å². The van der Waals surface area contributed by atoms with E-state index in [2.05, 4.69) is 16.0 Å². The molecule has 1 aliphatic heterocycles. The highest BCUT2D eigenvalue weighted by molar-refractivity contribution is 5.96. The first-order valence-electron chi connectivity index (χ1n) is 10.8. The molecule has 0 radical (unpaired) electrons. The van der Waals surface area contributed by atoms with E-state index in [-0.39, 0.29) is 17.9 Å². The molecule has 1 fully saturated rings. The number of benzene rings is 2. The van der Waals surface area contributed by atoms with Crippen molar-refractivity contribution in [2.45, 2.75) is 32.8 Å². The highest BCUT2D eigenvalue weighted by Gasteiger charge is 2.30. The molecule has 2 aromatic rings. The summed E-state index contributed by atoms with van der Waals surface area (Å²) in [4.78, 5) is 50.0. The number of hydrogen-bond donors (Lipinski definition) is 3. The van der Waals surface area contributed by atoms with Crippen molar-refractivity contribution in [1.29, 1.82) is 0 Å². The van der Waals surface area contributed by atoms with Gasteiger partial charge >= 0.3 is 12.0 Å². The molecule has 2 aromatic carbocycles. The van der Waals surface area contributed by atoms with Crippen molar-refractivity contribution in [3.63, 3.8) is 0 Å². The van der Waals surface area contributed by atoms with Crippen molar-refractivity contribution in [3.8, 4) is 0 Å². The topological polar surface area (TPSA) is 117 Å². The Labute approximate surface area is 192 Å². The minimum absolute atomic E-state index is 0.185. The van der Waals surface area contributed by atoms with E-state index in [1.54, 1.807) is 29.2 Å². The van der Waals surface area contributed by atoms with Gasteiger partial charge in [-0.05, 0) is 56.2 Å². The van der Waals surface area contributed by atoms with Gasteiger partial charge in [-0.15, -0.1) is 0 Å². The van der Waals surface area contributed by atoms with Crippen LogP contribution in [0.15, 0.2) is 54.6 Å². The van der Waals surface area contributed by atoms with E-state index in [4.69, 9.17) is 4.74 Å². The average molecular weight is 453 g/mol. The van der Waals surface area contributed by atoms with E-state index in [0.29, 0.717) is 43.0 Å². The molecule has 0 saturated carbocycles. The predicted octanol–water partition coefficient (Wildman–Crippen LogP) is 3.46. The maximum Gasteiger partial charge on any atom is 0.321 e. The van der Waals surface area contributed by atoms with Crippen molar-refractivity contribution in [3.05, 3.63) is 54.6 Å². The largest absolute Gasteiger partial charge is 0.452 e. The first-order chi connectivity index (χ1) is 15.8. The fourth-order valence-electron chi connectivity index (χ4n) is 3.45. The van der Waals surface area contributed by atoms with Gasteiger partial charge in [0.05, 0.1) is 5.92 Å². The van der Waals surface area contributed by atoms with Gasteiger partial charge in [-0.2, -0.15) is 0 Å². The first kappa shape index (κ1) is 23.8. The zero-order chi connectivity index (χ0) is 23.8. The lowest BCUT2D eigenvalue weighted by molar-refractivity contribution is -0.158. The van der Waals surface area contributed by atoms with Gasteiger partial charge in [0.2, 0.25) is 5.91 Å². The van der Waals surface area contributed by atoms with E-state index in [1.807, 2.05) is 30.3 Å². The Morgan fingerprint density at radius 1 is 0.848 bits per heavy atom. The van der Waals surface area contributed by atoms with Crippen molar-refractivity contribution in [1.82, 2.24) is 4.90 Å². The van der Waals surface area contributed by atoms with Crippen molar-refractivity contribution < 1.29 is 23.9 Å². The molecule has 0 bridgehead atoms. The van der Waals surface area contributed by atoms with Gasteiger partial charge in [-0.3, -0.25) is 14.4 Å². The molecular formula is C24H28N4O5. The van der Waals surface area contributed by atoms with E-state index >= 15 is 0 Å². The first-order valence-corrected chi connectivity index (χ1v) is 10.8. The van der Waals surface area contributed by atoms with E-state index in [9.17, 15) is 19.2 Å². The molecule has 1 unspecified atom stereocenters. The van der Waals surface area contributed by atoms with Crippen molar-refractivity contribution in [2.75, 3.05) is 29.0 Å². The Morgan fingerprint density at radius 2 is 1.39 bits per heavy atom. The maximum atomic E-state index is 12.5. The number of amides is 4. The zero-order valence-electron chi connectivity index (χ0n) is 18.7. The number of rotatable bonds is 6. The van der Waals surface area contributed by atoms with Crippen LogP contribution in [0.1, 0.15) is 26.7 Å². The van der Waals surface area contributed by atoms with Crippen LogP contribution < -0.4 is 16.0 Å². The fourth-order valence-corrected chi connectivity index (χ4v) is 3.45. The second-order valence-electron chi connectivity index (χ2n) is 7.88. The number of nitrogens with zero attached hydrogens (tertiary/aromatic N) is 1. The molecule has 3 rings (SSSR count). The molecule has 4 amide bonds. The van der Waals surface area contributed by atoms with Crippen LogP contribution in [0.25, 0.3) is 0 Å². The third kappa shape index (κ3) is 7.06. The molecule has 1 saturated heterocycles. The number of para-hydroxylation sites is 1. The molecular weight excluding hydrogens is 424 g/mol. The second-order valence-corrected chi connectivity index (χ2v) is 7.88. The number of carbonyl (C=O) groups is 4. The minimum Gasteiger partial charge on any atom is -0.452 e. The standard InChI is InChI=1S/C24H28N4O5/c1-16(22(30)26-21-10-8-20(9-11-21)25-17(2)29)33-23(31)18-12-14-28(15-13-18)24(32)27-19-6-4-3-5-7-19/h3-11,16,18H,12-15H2,1-2H3,(H,25,29)(H,26,30)(H,27,32). The van der Waals surface area contributed by atoms with Crippen LogP contribution in [0, 0.1) is 5.92 Å². The molecule has 3 N–H and O–H groups in total. The highest BCUT2D eigenvalue weighted by Crippen LogP contribution is 2.21. The quantitative estimate of drug-likeness (QED) is 0.581. The number of ether oxygens (including phenoxy) is 1. The molecule has 0 spiro atoms. The molecule has 0 aromatic heterocycles. The van der Waals surface area contributed by atoms with Gasteiger partial charge in [-0.1, -0.05) is 18.2 Å². The summed E-state index contributed by atoms with van der Waals surface area (Å²) in [5.74, 6) is -1.44. The van der Waals surface area contributed by atoms with Gasteiger partial charge in [0.15, 0.2) is 6.10 Å². The Bertz CT molecular complexity index is 986. The van der Waals surface area contributed by atoms with E-state index in [0.717, 1.165) is 0 Å². The number of esters is 1. The van der Waals surface area contributed by atoms with Crippen LogP contribution in [-0.4, -0.2) is 47.9 Å². The summed E-state index contributed by atoms with van der Waals surface area (Å²) in [6.07, 6.45) is -0.0214. The highest BCUT2D eigenvalue weighted by atomic mass is 16.5. The lowest BCUT2D eigenvalue weighted by atomic mass is 9.97. The molecule has 9 nitrogen and oxygen atoms in total. The van der Waals surface area contributed by atoms with Gasteiger partial charge in [0.1, 0.15) is 0 Å². The Balaban J connectivity index is 1.42. The third-order valence-corrected chi connectivity index (χ3v) is 5.28.